The van der Waals surface area contributed by atoms with Crippen LogP contribution in [0.15, 0.2) is 12.2 Å². The Morgan fingerprint density at radius 2 is 2.20 bits per heavy atom. The van der Waals surface area contributed by atoms with Crippen LogP contribution in [-0.4, -0.2) is 27.6 Å². The van der Waals surface area contributed by atoms with Crippen LogP contribution in [0.5, 0.6) is 0 Å². The average Bonchev–Trinajstić information content (AvgIpc) is 2.68. The third kappa shape index (κ3) is 4.44. The molecule has 0 aromatic carbocycles. The number of carboxylic acid groups (broad SMARTS) is 1. The number of hydrogen-bond acceptors (Lipinski definition) is 3. The van der Waals surface area contributed by atoms with Crippen LogP contribution in [0.25, 0.3) is 0 Å². The first-order valence-corrected chi connectivity index (χ1v) is 7.44. The summed E-state index contributed by atoms with van der Waals surface area (Å²) in [5, 5.41) is 19.3. The summed E-state index contributed by atoms with van der Waals surface area (Å²) in [6.45, 7) is 5.85. The van der Waals surface area contributed by atoms with Crippen LogP contribution in [-0.2, 0) is 9.59 Å². The Hall–Kier alpha value is -1.16. The topological polar surface area (TPSA) is 74.6 Å². The van der Waals surface area contributed by atoms with Crippen LogP contribution in [0.3, 0.4) is 0 Å². The van der Waals surface area contributed by atoms with Gasteiger partial charge in [0.2, 0.25) is 0 Å². The highest BCUT2D eigenvalue weighted by molar-refractivity contribution is 5.87. The molecule has 0 amide bonds. The molecule has 2 N–H and O–H groups in total. The van der Waals surface area contributed by atoms with Gasteiger partial charge in [-0.05, 0) is 31.6 Å². The van der Waals surface area contributed by atoms with Gasteiger partial charge in [0.15, 0.2) is 0 Å². The van der Waals surface area contributed by atoms with Gasteiger partial charge < -0.3 is 10.2 Å². The van der Waals surface area contributed by atoms with Crippen molar-refractivity contribution in [1.29, 1.82) is 0 Å². The standard InChI is InChI=1S/C16H26O4/c1-4-5-11(2)16(3,20)9-8-12-6-7-14(17)13(12)10-15(18)19/h8-9,11-13,20H,4-7,10H2,1-3H3,(H,18,19)/t11?,12-,13-,16?/m0/s1. The van der Waals surface area contributed by atoms with Gasteiger partial charge in [-0.2, -0.15) is 0 Å². The number of aliphatic carboxylic acids is 1. The minimum atomic E-state index is -0.935. The fourth-order valence-corrected chi connectivity index (χ4v) is 2.83. The van der Waals surface area contributed by atoms with Gasteiger partial charge in [-0.3, -0.25) is 9.59 Å². The van der Waals surface area contributed by atoms with Gasteiger partial charge in [0, 0.05) is 12.3 Å². The van der Waals surface area contributed by atoms with Crippen molar-refractivity contribution in [2.24, 2.45) is 17.8 Å². The lowest BCUT2D eigenvalue weighted by atomic mass is 9.84. The summed E-state index contributed by atoms with van der Waals surface area (Å²) in [4.78, 5) is 22.5. The Morgan fingerprint density at radius 1 is 1.55 bits per heavy atom. The first kappa shape index (κ1) is 16.9. The van der Waals surface area contributed by atoms with Crippen molar-refractivity contribution in [2.45, 2.75) is 58.5 Å². The molecule has 1 rings (SSSR count). The molecule has 20 heavy (non-hydrogen) atoms. The molecule has 0 radical (unpaired) electrons. The molecular formula is C16H26O4. The molecule has 0 bridgehead atoms. The molecule has 114 valence electrons. The van der Waals surface area contributed by atoms with Crippen LogP contribution >= 0.6 is 0 Å². The lowest BCUT2D eigenvalue weighted by Gasteiger charge is -2.27. The highest BCUT2D eigenvalue weighted by Gasteiger charge is 2.35. The molecule has 0 saturated heterocycles. The van der Waals surface area contributed by atoms with Crippen molar-refractivity contribution in [3.8, 4) is 0 Å². The summed E-state index contributed by atoms with van der Waals surface area (Å²) in [6, 6.07) is 0. The number of carbonyl (C=O) groups is 2. The number of rotatable bonds is 7. The van der Waals surface area contributed by atoms with E-state index < -0.39 is 17.5 Å². The van der Waals surface area contributed by atoms with E-state index in [4.69, 9.17) is 5.11 Å². The summed E-state index contributed by atoms with van der Waals surface area (Å²) in [7, 11) is 0. The van der Waals surface area contributed by atoms with Crippen LogP contribution in [0.4, 0.5) is 0 Å². The first-order chi connectivity index (χ1) is 9.27. The SMILES string of the molecule is CCCC(C)C(C)(O)C=C[C@@H]1CCC(=O)[C@H]1CC(=O)O. The van der Waals surface area contributed by atoms with Crippen molar-refractivity contribution in [3.05, 3.63) is 12.2 Å². The Morgan fingerprint density at radius 3 is 2.75 bits per heavy atom. The zero-order valence-corrected chi connectivity index (χ0v) is 12.6. The molecule has 0 aromatic heterocycles. The summed E-state index contributed by atoms with van der Waals surface area (Å²) in [6.07, 6.45) is 6.57. The van der Waals surface area contributed by atoms with Gasteiger partial charge in [0.05, 0.1) is 12.0 Å². The highest BCUT2D eigenvalue weighted by Crippen LogP contribution is 2.33. The van der Waals surface area contributed by atoms with E-state index in [1.807, 2.05) is 13.0 Å². The van der Waals surface area contributed by atoms with Crippen molar-refractivity contribution < 1.29 is 19.8 Å². The minimum Gasteiger partial charge on any atom is -0.481 e. The number of carboxylic acids is 1. The number of hydrogen-bond donors (Lipinski definition) is 2. The maximum absolute atomic E-state index is 11.7. The molecule has 0 spiro atoms. The molecule has 0 aromatic rings. The molecule has 0 aliphatic heterocycles. The molecule has 1 aliphatic carbocycles. The summed E-state index contributed by atoms with van der Waals surface area (Å²) < 4.78 is 0. The van der Waals surface area contributed by atoms with Crippen LogP contribution < -0.4 is 0 Å². The number of carbonyl (C=O) groups excluding carboxylic acids is 1. The Balaban J connectivity index is 2.72. The molecule has 4 atom stereocenters. The first-order valence-electron chi connectivity index (χ1n) is 7.44. The predicted octanol–water partition coefficient (Wildman–Crippen LogP) is 2.80. The summed E-state index contributed by atoms with van der Waals surface area (Å²) in [5.41, 5.74) is -0.907. The van der Waals surface area contributed by atoms with E-state index in [2.05, 4.69) is 6.92 Å². The second kappa shape index (κ2) is 7.02. The Kier molecular flexibility index (Phi) is 5.93. The van der Waals surface area contributed by atoms with Crippen LogP contribution in [0.2, 0.25) is 0 Å². The van der Waals surface area contributed by atoms with E-state index in [-0.39, 0.29) is 24.0 Å². The Bertz CT molecular complexity index is 384. The third-order valence-corrected chi connectivity index (χ3v) is 4.45. The fourth-order valence-electron chi connectivity index (χ4n) is 2.83. The fraction of sp³-hybridized carbons (Fsp3) is 0.750. The van der Waals surface area contributed by atoms with Gasteiger partial charge in [0.25, 0.3) is 0 Å². The van der Waals surface area contributed by atoms with Gasteiger partial charge in [-0.1, -0.05) is 32.4 Å². The van der Waals surface area contributed by atoms with E-state index in [0.717, 1.165) is 12.8 Å². The zero-order valence-electron chi connectivity index (χ0n) is 12.6. The molecule has 2 unspecified atom stereocenters. The maximum atomic E-state index is 11.7. The maximum Gasteiger partial charge on any atom is 0.304 e. The number of allylic oxidation sites excluding steroid dienone is 1. The van der Waals surface area contributed by atoms with Crippen LogP contribution in [0.1, 0.15) is 52.9 Å². The normalized spacial score (nSPS) is 27.7. The van der Waals surface area contributed by atoms with Crippen molar-refractivity contribution in [2.75, 3.05) is 0 Å². The number of Topliss-reactive ketones (excluding diaryl/α,β-unsaturated/α-hetero) is 1. The van der Waals surface area contributed by atoms with Gasteiger partial charge in [-0.15, -0.1) is 0 Å². The minimum absolute atomic E-state index is 0.0308. The number of aliphatic hydroxyl groups is 1. The van der Waals surface area contributed by atoms with E-state index >= 15 is 0 Å². The summed E-state index contributed by atoms with van der Waals surface area (Å²) >= 11 is 0. The molecule has 1 aliphatic rings. The predicted molar refractivity (Wildman–Crippen MR) is 77.3 cm³/mol. The highest BCUT2D eigenvalue weighted by atomic mass is 16.4. The quantitative estimate of drug-likeness (QED) is 0.704. The second-order valence-electron chi connectivity index (χ2n) is 6.15. The average molecular weight is 282 g/mol. The molecule has 0 heterocycles. The second-order valence-corrected chi connectivity index (χ2v) is 6.15. The zero-order chi connectivity index (χ0) is 15.3. The lowest BCUT2D eigenvalue weighted by molar-refractivity contribution is -0.140. The lowest BCUT2D eigenvalue weighted by Crippen LogP contribution is -2.30. The smallest absolute Gasteiger partial charge is 0.304 e. The van der Waals surface area contributed by atoms with E-state index in [1.54, 1.807) is 13.0 Å². The van der Waals surface area contributed by atoms with E-state index in [0.29, 0.717) is 12.8 Å². The molecule has 1 fully saturated rings. The van der Waals surface area contributed by atoms with Crippen LogP contribution in [0, 0.1) is 17.8 Å². The van der Waals surface area contributed by atoms with Gasteiger partial charge in [-0.25, -0.2) is 0 Å². The van der Waals surface area contributed by atoms with Crippen molar-refractivity contribution in [3.63, 3.8) is 0 Å². The largest absolute Gasteiger partial charge is 0.481 e. The third-order valence-electron chi connectivity index (χ3n) is 4.45. The summed E-state index contributed by atoms with van der Waals surface area (Å²) in [5.74, 6) is -1.25. The van der Waals surface area contributed by atoms with Gasteiger partial charge >= 0.3 is 5.97 Å². The Labute approximate surface area is 120 Å². The molecule has 4 nitrogen and oxygen atoms in total. The monoisotopic (exact) mass is 282 g/mol. The van der Waals surface area contributed by atoms with Gasteiger partial charge in [0.1, 0.15) is 5.78 Å². The van der Waals surface area contributed by atoms with Crippen molar-refractivity contribution in [1.82, 2.24) is 0 Å². The number of ketones is 1. The van der Waals surface area contributed by atoms with E-state index in [1.165, 1.54) is 0 Å². The molecule has 1 saturated carbocycles. The molecular weight excluding hydrogens is 256 g/mol. The van der Waals surface area contributed by atoms with E-state index in [9.17, 15) is 14.7 Å². The molecule has 4 heteroatoms. The van der Waals surface area contributed by atoms with Crippen molar-refractivity contribution >= 4 is 11.8 Å².